The molecule has 2 aliphatic rings. The Morgan fingerprint density at radius 2 is 1.78 bits per heavy atom. The fourth-order valence-corrected chi connectivity index (χ4v) is 4.47. The molecule has 2 aliphatic carbocycles. The van der Waals surface area contributed by atoms with Crippen LogP contribution >= 0.6 is 0 Å². The molecule has 2 fully saturated rings. The highest BCUT2D eigenvalue weighted by Gasteiger charge is 2.31. The largest absolute Gasteiger partial charge is 0.392 e. The van der Waals surface area contributed by atoms with E-state index >= 15 is 0 Å². The highest BCUT2D eigenvalue weighted by Crippen LogP contribution is 2.26. The van der Waals surface area contributed by atoms with Crippen LogP contribution in [0.3, 0.4) is 0 Å². The van der Waals surface area contributed by atoms with Crippen LogP contribution in [0.1, 0.15) is 51.4 Å². The Balaban J connectivity index is 1.89. The topological polar surface area (TPSA) is 66.4 Å². The third kappa shape index (κ3) is 3.68. The molecule has 0 bridgehead atoms. The Morgan fingerprint density at radius 3 is 2.44 bits per heavy atom. The van der Waals surface area contributed by atoms with Crippen molar-refractivity contribution in [2.75, 3.05) is 6.26 Å². The van der Waals surface area contributed by atoms with Crippen molar-refractivity contribution in [3.8, 4) is 0 Å². The molecule has 4 atom stereocenters. The van der Waals surface area contributed by atoms with Gasteiger partial charge < -0.3 is 10.4 Å². The number of rotatable bonds is 3. The van der Waals surface area contributed by atoms with Gasteiger partial charge >= 0.3 is 0 Å². The van der Waals surface area contributed by atoms with Crippen molar-refractivity contribution in [3.63, 3.8) is 0 Å². The molecule has 0 heterocycles. The van der Waals surface area contributed by atoms with Gasteiger partial charge in [0.25, 0.3) is 0 Å². The normalized spacial score (nSPS) is 38.6. The summed E-state index contributed by atoms with van der Waals surface area (Å²) in [4.78, 5) is 0. The molecule has 18 heavy (non-hydrogen) atoms. The Hall–Kier alpha value is -0.130. The molecule has 2 rings (SSSR count). The number of aliphatic hydroxyl groups is 1. The highest BCUT2D eigenvalue weighted by atomic mass is 32.2. The van der Waals surface area contributed by atoms with E-state index in [1.165, 1.54) is 6.26 Å². The second kappa shape index (κ2) is 5.88. The molecule has 106 valence electrons. The first-order chi connectivity index (χ1) is 8.47. The first-order valence-electron chi connectivity index (χ1n) is 7.10. The summed E-state index contributed by atoms with van der Waals surface area (Å²) in [6.45, 7) is 0. The summed E-state index contributed by atoms with van der Waals surface area (Å²) in [5.74, 6) is 0. The van der Waals surface area contributed by atoms with Gasteiger partial charge in [-0.25, -0.2) is 8.42 Å². The molecule has 0 amide bonds. The van der Waals surface area contributed by atoms with E-state index in [0.717, 1.165) is 44.9 Å². The monoisotopic (exact) mass is 275 g/mol. The summed E-state index contributed by atoms with van der Waals surface area (Å²) in [5, 5.41) is 13.2. The minimum Gasteiger partial charge on any atom is -0.392 e. The fourth-order valence-electron chi connectivity index (χ4n) is 3.29. The molecule has 0 aliphatic heterocycles. The molecule has 0 aromatic rings. The van der Waals surface area contributed by atoms with Gasteiger partial charge in [-0.1, -0.05) is 19.3 Å². The molecule has 2 N–H and O–H groups in total. The van der Waals surface area contributed by atoms with E-state index in [9.17, 15) is 13.5 Å². The Bertz CT molecular complexity index is 368. The summed E-state index contributed by atoms with van der Waals surface area (Å²) in [6, 6.07) is 0.429. The number of hydrogen-bond donors (Lipinski definition) is 2. The van der Waals surface area contributed by atoms with Gasteiger partial charge in [0.15, 0.2) is 0 Å². The van der Waals surface area contributed by atoms with Crippen LogP contribution in [-0.4, -0.2) is 43.2 Å². The third-order valence-corrected chi connectivity index (χ3v) is 6.05. The van der Waals surface area contributed by atoms with Crippen LogP contribution in [-0.2, 0) is 9.84 Å². The zero-order valence-corrected chi connectivity index (χ0v) is 12.0. The SMILES string of the molecule is CS(=O)(=O)C1CCCC(NC2CCCCC2O)C1. The number of hydrogen-bond acceptors (Lipinski definition) is 4. The van der Waals surface area contributed by atoms with Gasteiger partial charge in [0.1, 0.15) is 9.84 Å². The van der Waals surface area contributed by atoms with Crippen molar-refractivity contribution in [3.05, 3.63) is 0 Å². The molecular weight excluding hydrogens is 250 g/mol. The second-order valence-corrected chi connectivity index (χ2v) is 8.27. The summed E-state index contributed by atoms with van der Waals surface area (Å²) >= 11 is 0. The van der Waals surface area contributed by atoms with E-state index in [0.29, 0.717) is 6.42 Å². The Morgan fingerprint density at radius 1 is 1.06 bits per heavy atom. The predicted molar refractivity (Wildman–Crippen MR) is 72.3 cm³/mol. The van der Waals surface area contributed by atoms with Crippen molar-refractivity contribution in [2.24, 2.45) is 0 Å². The van der Waals surface area contributed by atoms with E-state index in [1.807, 2.05) is 0 Å². The van der Waals surface area contributed by atoms with Crippen LogP contribution in [0.2, 0.25) is 0 Å². The maximum absolute atomic E-state index is 11.6. The number of sulfone groups is 1. The lowest BCUT2D eigenvalue weighted by atomic mass is 9.89. The van der Waals surface area contributed by atoms with Gasteiger partial charge in [0, 0.05) is 18.3 Å². The minimum absolute atomic E-state index is 0.169. The highest BCUT2D eigenvalue weighted by molar-refractivity contribution is 7.91. The average molecular weight is 275 g/mol. The molecule has 0 aromatic carbocycles. The van der Waals surface area contributed by atoms with Crippen LogP contribution < -0.4 is 5.32 Å². The predicted octanol–water partition coefficient (Wildman–Crippen LogP) is 1.24. The first-order valence-corrected chi connectivity index (χ1v) is 9.05. The number of nitrogens with one attached hydrogen (secondary N) is 1. The molecule has 0 saturated heterocycles. The molecular formula is C13H25NO3S. The van der Waals surface area contributed by atoms with Crippen molar-refractivity contribution >= 4 is 9.84 Å². The average Bonchev–Trinajstić information content (AvgIpc) is 2.31. The van der Waals surface area contributed by atoms with E-state index in [2.05, 4.69) is 5.32 Å². The molecule has 4 unspecified atom stereocenters. The lowest BCUT2D eigenvalue weighted by Gasteiger charge is -2.35. The van der Waals surface area contributed by atoms with Crippen molar-refractivity contribution in [2.45, 2.75) is 74.8 Å². The van der Waals surface area contributed by atoms with Gasteiger partial charge in [0.2, 0.25) is 0 Å². The van der Waals surface area contributed by atoms with Crippen molar-refractivity contribution < 1.29 is 13.5 Å². The van der Waals surface area contributed by atoms with Crippen molar-refractivity contribution in [1.82, 2.24) is 5.32 Å². The summed E-state index contributed by atoms with van der Waals surface area (Å²) in [7, 11) is -2.92. The molecule has 0 radical (unpaired) electrons. The van der Waals surface area contributed by atoms with Crippen molar-refractivity contribution in [1.29, 1.82) is 0 Å². The summed E-state index contributed by atoms with van der Waals surface area (Å²) in [6.07, 6.45) is 8.76. The third-order valence-electron chi connectivity index (χ3n) is 4.41. The maximum atomic E-state index is 11.6. The zero-order valence-electron chi connectivity index (χ0n) is 11.1. The molecule has 4 nitrogen and oxygen atoms in total. The van der Waals surface area contributed by atoms with Gasteiger partial charge in [-0.05, 0) is 32.1 Å². The first kappa shape index (κ1) is 14.3. The van der Waals surface area contributed by atoms with Crippen LogP contribution in [0.5, 0.6) is 0 Å². The van der Waals surface area contributed by atoms with Crippen LogP contribution in [0.25, 0.3) is 0 Å². The zero-order chi connectivity index (χ0) is 13.2. The quantitative estimate of drug-likeness (QED) is 0.813. The lowest BCUT2D eigenvalue weighted by molar-refractivity contribution is 0.0817. The van der Waals surface area contributed by atoms with Gasteiger partial charge in [-0.15, -0.1) is 0 Å². The van der Waals surface area contributed by atoms with Gasteiger partial charge in [-0.3, -0.25) is 0 Å². The van der Waals surface area contributed by atoms with E-state index < -0.39 is 9.84 Å². The lowest BCUT2D eigenvalue weighted by Crippen LogP contribution is -2.49. The van der Waals surface area contributed by atoms with E-state index in [4.69, 9.17) is 0 Å². The Kier molecular flexibility index (Phi) is 4.67. The summed E-state index contributed by atoms with van der Waals surface area (Å²) in [5.41, 5.74) is 0. The van der Waals surface area contributed by atoms with Crippen LogP contribution in [0.4, 0.5) is 0 Å². The maximum Gasteiger partial charge on any atom is 0.150 e. The Labute approximate surface area is 110 Å². The van der Waals surface area contributed by atoms with E-state index in [-0.39, 0.29) is 23.4 Å². The van der Waals surface area contributed by atoms with Crippen LogP contribution in [0.15, 0.2) is 0 Å². The van der Waals surface area contributed by atoms with Crippen LogP contribution in [0, 0.1) is 0 Å². The van der Waals surface area contributed by atoms with Gasteiger partial charge in [-0.2, -0.15) is 0 Å². The number of aliphatic hydroxyl groups excluding tert-OH is 1. The fraction of sp³-hybridized carbons (Fsp3) is 1.00. The molecule has 5 heteroatoms. The molecule has 0 spiro atoms. The molecule has 2 saturated carbocycles. The van der Waals surface area contributed by atoms with Gasteiger partial charge in [0.05, 0.1) is 11.4 Å². The molecule has 0 aromatic heterocycles. The smallest absolute Gasteiger partial charge is 0.150 e. The summed E-state index contributed by atoms with van der Waals surface area (Å²) < 4.78 is 23.2. The standard InChI is InChI=1S/C13H25NO3S/c1-18(16,17)11-6-4-5-10(9-11)14-12-7-2-3-8-13(12)15/h10-15H,2-9H2,1H3. The minimum atomic E-state index is -2.92. The second-order valence-electron chi connectivity index (χ2n) is 5.94. The van der Waals surface area contributed by atoms with E-state index in [1.54, 1.807) is 0 Å².